The van der Waals surface area contributed by atoms with Crippen molar-refractivity contribution in [3.63, 3.8) is 0 Å². The molecule has 0 bridgehead atoms. The number of aryl methyl sites for hydroxylation is 1. The molecule has 29 heavy (non-hydrogen) atoms. The summed E-state index contributed by atoms with van der Waals surface area (Å²) in [7, 11) is 1.62. The summed E-state index contributed by atoms with van der Waals surface area (Å²) in [5, 5.41) is 4.20. The van der Waals surface area contributed by atoms with Crippen LogP contribution in [-0.2, 0) is 11.8 Å². The molecule has 0 radical (unpaired) electrons. The van der Waals surface area contributed by atoms with Crippen molar-refractivity contribution < 1.29 is 22.7 Å². The summed E-state index contributed by atoms with van der Waals surface area (Å²) in [6.07, 6.45) is 1.04. The second-order valence-electron chi connectivity index (χ2n) is 6.85. The molecule has 0 spiro atoms. The Kier molecular flexibility index (Phi) is 5.10. The molecule has 4 rings (SSSR count). The van der Waals surface area contributed by atoms with Crippen LogP contribution in [0, 0.1) is 17.5 Å². The topological polar surface area (TPSA) is 47.4 Å². The highest BCUT2D eigenvalue weighted by Gasteiger charge is 2.29. The van der Waals surface area contributed by atoms with Gasteiger partial charge in [-0.3, -0.25) is 9.48 Å². The zero-order valence-electron chi connectivity index (χ0n) is 15.6. The van der Waals surface area contributed by atoms with Gasteiger partial charge in [-0.25, -0.2) is 13.2 Å². The van der Waals surface area contributed by atoms with E-state index in [0.717, 1.165) is 12.1 Å². The number of halogens is 3. The van der Waals surface area contributed by atoms with Gasteiger partial charge in [0.2, 0.25) is 0 Å². The zero-order valence-corrected chi connectivity index (χ0v) is 15.6. The van der Waals surface area contributed by atoms with Crippen molar-refractivity contribution in [3.05, 3.63) is 77.2 Å². The Hall–Kier alpha value is -3.13. The second kappa shape index (κ2) is 7.71. The van der Waals surface area contributed by atoms with Crippen molar-refractivity contribution in [2.45, 2.75) is 6.10 Å². The van der Waals surface area contributed by atoms with Crippen LogP contribution in [0.3, 0.4) is 0 Å². The molecule has 1 aliphatic rings. The number of nitrogens with zero attached hydrogens (tertiary/aromatic N) is 3. The van der Waals surface area contributed by atoms with E-state index in [1.807, 2.05) is 0 Å². The van der Waals surface area contributed by atoms with E-state index in [1.54, 1.807) is 24.1 Å². The molecule has 1 amide bonds. The fourth-order valence-electron chi connectivity index (χ4n) is 3.44. The highest BCUT2D eigenvalue weighted by Crippen LogP contribution is 2.29. The van der Waals surface area contributed by atoms with E-state index in [9.17, 15) is 18.0 Å². The molecule has 1 aromatic heterocycles. The molecule has 0 aliphatic carbocycles. The molecule has 0 saturated carbocycles. The normalized spacial score (nSPS) is 16.8. The average Bonchev–Trinajstić information content (AvgIpc) is 3.09. The van der Waals surface area contributed by atoms with Crippen LogP contribution in [0.25, 0.3) is 11.3 Å². The third-order valence-electron chi connectivity index (χ3n) is 4.82. The third-order valence-corrected chi connectivity index (χ3v) is 4.82. The van der Waals surface area contributed by atoms with Crippen LogP contribution >= 0.6 is 0 Å². The maximum atomic E-state index is 14.3. The molecule has 1 unspecified atom stereocenters. The zero-order chi connectivity index (χ0) is 20.5. The Morgan fingerprint density at radius 2 is 1.93 bits per heavy atom. The monoisotopic (exact) mass is 401 g/mol. The maximum Gasteiger partial charge on any atom is 0.257 e. The van der Waals surface area contributed by atoms with E-state index in [-0.39, 0.29) is 41.7 Å². The Morgan fingerprint density at radius 3 is 2.69 bits per heavy atom. The van der Waals surface area contributed by atoms with Crippen molar-refractivity contribution in [2.75, 3.05) is 19.7 Å². The summed E-state index contributed by atoms with van der Waals surface area (Å²) in [6, 6.07) is 9.19. The Morgan fingerprint density at radius 1 is 1.14 bits per heavy atom. The number of amides is 1. The lowest BCUT2D eigenvalue weighted by Gasteiger charge is -2.33. The second-order valence-corrected chi connectivity index (χ2v) is 6.85. The predicted molar refractivity (Wildman–Crippen MR) is 99.6 cm³/mol. The van der Waals surface area contributed by atoms with E-state index in [0.29, 0.717) is 12.1 Å². The predicted octanol–water partition coefficient (Wildman–Crippen LogP) is 3.72. The van der Waals surface area contributed by atoms with Crippen LogP contribution in [0.15, 0.2) is 48.7 Å². The van der Waals surface area contributed by atoms with Gasteiger partial charge in [-0.15, -0.1) is 0 Å². The molecule has 2 heterocycles. The molecule has 150 valence electrons. The minimum absolute atomic E-state index is 0.0466. The molecule has 1 atom stereocenters. The number of ether oxygens (including phenoxy) is 1. The van der Waals surface area contributed by atoms with Crippen LogP contribution in [0.2, 0.25) is 0 Å². The molecule has 5 nitrogen and oxygen atoms in total. The molecule has 1 aliphatic heterocycles. The van der Waals surface area contributed by atoms with Gasteiger partial charge >= 0.3 is 0 Å². The first-order chi connectivity index (χ1) is 13.9. The van der Waals surface area contributed by atoms with E-state index in [1.165, 1.54) is 29.1 Å². The number of carbonyl (C=O) groups is 1. The number of hydrogen-bond donors (Lipinski definition) is 0. The van der Waals surface area contributed by atoms with Gasteiger partial charge in [0, 0.05) is 31.4 Å². The summed E-state index contributed by atoms with van der Waals surface area (Å²) < 4.78 is 48.2. The standard InChI is InChI=1S/C21H18F3N3O2/c1-26-11-17(20(25-26)16-6-5-15(23)10-18(16)24)21(28)27-7-8-29-19(12-27)13-3-2-4-14(22)9-13/h2-6,9-11,19H,7-8,12H2,1H3. The first-order valence-electron chi connectivity index (χ1n) is 9.08. The van der Waals surface area contributed by atoms with E-state index in [2.05, 4.69) is 5.10 Å². The van der Waals surface area contributed by atoms with E-state index >= 15 is 0 Å². The summed E-state index contributed by atoms with van der Waals surface area (Å²) in [5.41, 5.74) is 1.03. The number of morpholine rings is 1. The molecule has 8 heteroatoms. The summed E-state index contributed by atoms with van der Waals surface area (Å²) >= 11 is 0. The first kappa shape index (κ1) is 19.2. The van der Waals surface area contributed by atoms with Gasteiger partial charge in [0.25, 0.3) is 5.91 Å². The van der Waals surface area contributed by atoms with Gasteiger partial charge in [-0.2, -0.15) is 5.10 Å². The number of hydrogen-bond acceptors (Lipinski definition) is 3. The molecule has 1 saturated heterocycles. The molecular weight excluding hydrogens is 383 g/mol. The molecule has 3 aromatic rings. The van der Waals surface area contributed by atoms with Crippen molar-refractivity contribution in [1.29, 1.82) is 0 Å². The molecule has 0 N–H and O–H groups in total. The quantitative estimate of drug-likeness (QED) is 0.672. The highest BCUT2D eigenvalue weighted by atomic mass is 19.1. The minimum atomic E-state index is -0.794. The largest absolute Gasteiger partial charge is 0.370 e. The fraction of sp³-hybridized carbons (Fsp3) is 0.238. The highest BCUT2D eigenvalue weighted by molar-refractivity contribution is 6.00. The van der Waals surface area contributed by atoms with Crippen molar-refractivity contribution in [3.8, 4) is 11.3 Å². The Labute approximate surface area is 165 Å². The minimum Gasteiger partial charge on any atom is -0.370 e. The van der Waals surface area contributed by atoms with Gasteiger partial charge in [0.05, 0.1) is 18.7 Å². The van der Waals surface area contributed by atoms with Gasteiger partial charge in [0.1, 0.15) is 29.2 Å². The average molecular weight is 401 g/mol. The Balaban J connectivity index is 1.63. The van der Waals surface area contributed by atoms with Gasteiger partial charge in [-0.1, -0.05) is 12.1 Å². The van der Waals surface area contributed by atoms with Crippen LogP contribution in [0.1, 0.15) is 22.0 Å². The first-order valence-corrected chi connectivity index (χ1v) is 9.08. The van der Waals surface area contributed by atoms with Crippen LogP contribution < -0.4 is 0 Å². The summed E-state index contributed by atoms with van der Waals surface area (Å²) in [5.74, 6) is -2.23. The molecule has 2 aromatic carbocycles. The van der Waals surface area contributed by atoms with Gasteiger partial charge in [-0.05, 0) is 29.8 Å². The number of benzene rings is 2. The number of rotatable bonds is 3. The Bertz CT molecular complexity index is 1070. The maximum absolute atomic E-state index is 14.3. The van der Waals surface area contributed by atoms with Crippen molar-refractivity contribution >= 4 is 5.91 Å². The third kappa shape index (κ3) is 3.88. The van der Waals surface area contributed by atoms with E-state index < -0.39 is 17.7 Å². The summed E-state index contributed by atoms with van der Waals surface area (Å²) in [6.45, 7) is 0.848. The number of aromatic nitrogens is 2. The SMILES string of the molecule is Cn1cc(C(=O)N2CCOC(c3cccc(F)c3)C2)c(-c2ccc(F)cc2F)n1. The van der Waals surface area contributed by atoms with E-state index in [4.69, 9.17) is 4.74 Å². The van der Waals surface area contributed by atoms with Crippen LogP contribution in [0.4, 0.5) is 13.2 Å². The van der Waals surface area contributed by atoms with Gasteiger partial charge in [0.15, 0.2) is 0 Å². The van der Waals surface area contributed by atoms with Gasteiger partial charge < -0.3 is 9.64 Å². The lowest BCUT2D eigenvalue weighted by atomic mass is 10.0. The van der Waals surface area contributed by atoms with Crippen molar-refractivity contribution in [2.24, 2.45) is 7.05 Å². The molecule has 1 fully saturated rings. The van der Waals surface area contributed by atoms with Crippen LogP contribution in [-0.4, -0.2) is 40.3 Å². The smallest absolute Gasteiger partial charge is 0.257 e. The lowest BCUT2D eigenvalue weighted by Crippen LogP contribution is -2.42. The lowest BCUT2D eigenvalue weighted by molar-refractivity contribution is -0.0229. The molecular formula is C21H18F3N3O2. The van der Waals surface area contributed by atoms with Crippen molar-refractivity contribution in [1.82, 2.24) is 14.7 Å². The summed E-state index contributed by atoms with van der Waals surface area (Å²) in [4.78, 5) is 14.7. The number of carbonyl (C=O) groups excluding carboxylic acids is 1. The fourth-order valence-corrected chi connectivity index (χ4v) is 3.44. The van der Waals surface area contributed by atoms with Crippen LogP contribution in [0.5, 0.6) is 0 Å².